The van der Waals surface area contributed by atoms with Crippen molar-refractivity contribution in [1.29, 1.82) is 0 Å². The molecule has 0 aliphatic heterocycles. The third-order valence-electron chi connectivity index (χ3n) is 4.30. The van der Waals surface area contributed by atoms with Crippen LogP contribution in [0.3, 0.4) is 0 Å². The lowest BCUT2D eigenvalue weighted by atomic mass is 10.1. The predicted octanol–water partition coefficient (Wildman–Crippen LogP) is 5.94. The molecular weight excluding hydrogens is 395 g/mol. The van der Waals surface area contributed by atoms with Gasteiger partial charge in [0.05, 0.1) is 7.11 Å². The van der Waals surface area contributed by atoms with E-state index in [-0.39, 0.29) is 5.82 Å². The van der Waals surface area contributed by atoms with Crippen LogP contribution in [0.1, 0.15) is 30.5 Å². The van der Waals surface area contributed by atoms with Crippen molar-refractivity contribution in [3.63, 3.8) is 0 Å². The molecule has 0 bridgehead atoms. The number of para-hydroxylation sites is 1. The summed E-state index contributed by atoms with van der Waals surface area (Å²) in [5.41, 5.74) is 4.79. The van der Waals surface area contributed by atoms with Crippen LogP contribution in [0.5, 0.6) is 5.75 Å². The van der Waals surface area contributed by atoms with E-state index in [0.29, 0.717) is 24.3 Å². The lowest BCUT2D eigenvalue weighted by Gasteiger charge is -2.13. The number of hydrogen-bond acceptors (Lipinski definition) is 5. The SMILES string of the molecule is CC.CNc1ccccc1COc1ccc(-c2nccc(C)c2F)cc1C.COC=O. The van der Waals surface area contributed by atoms with Gasteiger partial charge in [-0.25, -0.2) is 4.39 Å². The summed E-state index contributed by atoms with van der Waals surface area (Å²) in [6.45, 7) is 8.54. The minimum Gasteiger partial charge on any atom is -0.489 e. The lowest BCUT2D eigenvalue weighted by molar-refractivity contribution is -0.126. The molecule has 2 aromatic carbocycles. The normalized spacial score (nSPS) is 9.39. The number of ether oxygens (including phenoxy) is 2. The predicted molar refractivity (Wildman–Crippen MR) is 124 cm³/mol. The van der Waals surface area contributed by atoms with Gasteiger partial charge in [0.1, 0.15) is 18.1 Å². The van der Waals surface area contributed by atoms with Crippen LogP contribution in [0, 0.1) is 19.7 Å². The van der Waals surface area contributed by atoms with Gasteiger partial charge in [0, 0.05) is 30.1 Å². The zero-order chi connectivity index (χ0) is 23.2. The highest BCUT2D eigenvalue weighted by Crippen LogP contribution is 2.28. The Hall–Kier alpha value is -3.41. The molecule has 31 heavy (non-hydrogen) atoms. The summed E-state index contributed by atoms with van der Waals surface area (Å²) < 4.78 is 24.1. The zero-order valence-electron chi connectivity index (χ0n) is 19.0. The Morgan fingerprint density at radius 3 is 2.35 bits per heavy atom. The van der Waals surface area contributed by atoms with Gasteiger partial charge < -0.3 is 14.8 Å². The van der Waals surface area contributed by atoms with E-state index in [1.54, 1.807) is 19.2 Å². The van der Waals surface area contributed by atoms with Gasteiger partial charge in [-0.2, -0.15) is 0 Å². The van der Waals surface area contributed by atoms with Crippen molar-refractivity contribution < 1.29 is 18.7 Å². The second-order valence-corrected chi connectivity index (χ2v) is 6.30. The molecule has 0 saturated heterocycles. The van der Waals surface area contributed by atoms with E-state index < -0.39 is 0 Å². The maximum Gasteiger partial charge on any atom is 0.292 e. The van der Waals surface area contributed by atoms with Crippen molar-refractivity contribution in [3.05, 3.63) is 77.2 Å². The Kier molecular flexibility index (Phi) is 11.4. The smallest absolute Gasteiger partial charge is 0.292 e. The molecule has 3 rings (SSSR count). The number of halogens is 1. The molecule has 0 aliphatic carbocycles. The molecule has 1 heterocycles. The molecule has 0 unspecified atom stereocenters. The van der Waals surface area contributed by atoms with Gasteiger partial charge in [-0.15, -0.1) is 0 Å². The van der Waals surface area contributed by atoms with E-state index >= 15 is 0 Å². The topological polar surface area (TPSA) is 60.4 Å². The number of carbonyl (C=O) groups is 1. The largest absolute Gasteiger partial charge is 0.489 e. The van der Waals surface area contributed by atoms with Gasteiger partial charge in [0.15, 0.2) is 5.82 Å². The van der Waals surface area contributed by atoms with E-state index in [1.807, 2.05) is 70.3 Å². The number of nitrogens with one attached hydrogen (secondary N) is 1. The maximum atomic E-state index is 14.3. The number of pyridine rings is 1. The van der Waals surface area contributed by atoms with E-state index in [4.69, 9.17) is 9.53 Å². The highest BCUT2D eigenvalue weighted by molar-refractivity contribution is 5.63. The van der Waals surface area contributed by atoms with Crippen molar-refractivity contribution in [1.82, 2.24) is 4.98 Å². The van der Waals surface area contributed by atoms with Gasteiger partial charge in [0.25, 0.3) is 6.47 Å². The highest BCUT2D eigenvalue weighted by atomic mass is 19.1. The van der Waals surface area contributed by atoms with Crippen LogP contribution < -0.4 is 10.1 Å². The Bertz CT molecular complexity index is 961. The summed E-state index contributed by atoms with van der Waals surface area (Å²) in [5, 5.41) is 3.16. The Balaban J connectivity index is 0.000000720. The first kappa shape index (κ1) is 25.6. The number of rotatable bonds is 6. The fourth-order valence-electron chi connectivity index (χ4n) is 2.75. The third-order valence-corrected chi connectivity index (χ3v) is 4.30. The van der Waals surface area contributed by atoms with Crippen molar-refractivity contribution in [2.75, 3.05) is 19.5 Å². The Morgan fingerprint density at radius 2 is 1.74 bits per heavy atom. The quantitative estimate of drug-likeness (QED) is 0.494. The van der Waals surface area contributed by atoms with Crippen molar-refractivity contribution in [2.45, 2.75) is 34.3 Å². The van der Waals surface area contributed by atoms with Crippen LogP contribution in [0.15, 0.2) is 54.7 Å². The molecule has 0 radical (unpaired) electrons. The van der Waals surface area contributed by atoms with Gasteiger partial charge in [0.2, 0.25) is 0 Å². The molecule has 166 valence electrons. The Labute approximate surface area is 184 Å². The standard InChI is InChI=1S/C21H21FN2O.C2H4O2.C2H6/c1-14-10-11-24-21(20(14)22)16-8-9-19(15(2)12-16)25-13-17-6-4-5-7-18(17)23-3;1-4-2-3;1-2/h4-12,23H,13H2,1-3H3;2H,1H3;1-2H3. The number of methoxy groups -OCH3 is 1. The van der Waals surface area contributed by atoms with Crippen LogP contribution in [-0.4, -0.2) is 25.6 Å². The molecular formula is C25H31FN2O3. The summed E-state index contributed by atoms with van der Waals surface area (Å²) in [6.07, 6.45) is 1.63. The van der Waals surface area contributed by atoms with Crippen LogP contribution in [0.2, 0.25) is 0 Å². The molecule has 0 aliphatic rings. The van der Waals surface area contributed by atoms with Crippen LogP contribution in [0.4, 0.5) is 10.1 Å². The monoisotopic (exact) mass is 426 g/mol. The number of benzene rings is 2. The van der Waals surface area contributed by atoms with Crippen molar-refractivity contribution in [2.24, 2.45) is 0 Å². The first-order valence-electron chi connectivity index (χ1n) is 10.1. The van der Waals surface area contributed by atoms with Gasteiger partial charge >= 0.3 is 0 Å². The molecule has 0 saturated carbocycles. The van der Waals surface area contributed by atoms with Gasteiger partial charge in [-0.1, -0.05) is 32.0 Å². The molecule has 0 fully saturated rings. The number of carbonyl (C=O) groups excluding carboxylic acids is 1. The Morgan fingerprint density at radius 1 is 1.06 bits per heavy atom. The average Bonchev–Trinajstić information content (AvgIpc) is 2.81. The van der Waals surface area contributed by atoms with E-state index in [9.17, 15) is 4.39 Å². The molecule has 0 atom stereocenters. The number of nitrogens with zero attached hydrogens (tertiary/aromatic N) is 1. The fourth-order valence-corrected chi connectivity index (χ4v) is 2.75. The maximum absolute atomic E-state index is 14.3. The second kappa shape index (κ2) is 13.7. The zero-order valence-corrected chi connectivity index (χ0v) is 19.0. The molecule has 0 amide bonds. The molecule has 3 aromatic rings. The summed E-state index contributed by atoms with van der Waals surface area (Å²) >= 11 is 0. The van der Waals surface area contributed by atoms with Gasteiger partial charge in [-0.3, -0.25) is 9.78 Å². The molecule has 1 N–H and O–H groups in total. The number of aromatic nitrogens is 1. The fraction of sp³-hybridized carbons (Fsp3) is 0.280. The van der Waals surface area contributed by atoms with Crippen LogP contribution >= 0.6 is 0 Å². The van der Waals surface area contributed by atoms with E-state index in [0.717, 1.165) is 28.1 Å². The summed E-state index contributed by atoms with van der Waals surface area (Å²) in [5.74, 6) is 0.501. The van der Waals surface area contributed by atoms with Gasteiger partial charge in [-0.05, 0) is 55.3 Å². The number of aryl methyl sites for hydroxylation is 2. The number of anilines is 1. The minimum atomic E-state index is -0.279. The minimum absolute atomic E-state index is 0.279. The average molecular weight is 427 g/mol. The van der Waals surface area contributed by atoms with Crippen molar-refractivity contribution in [3.8, 4) is 17.0 Å². The first-order valence-corrected chi connectivity index (χ1v) is 10.1. The lowest BCUT2D eigenvalue weighted by Crippen LogP contribution is -2.01. The molecule has 6 heteroatoms. The third kappa shape index (κ3) is 7.41. The second-order valence-electron chi connectivity index (χ2n) is 6.30. The van der Waals surface area contributed by atoms with Crippen LogP contribution in [-0.2, 0) is 16.1 Å². The summed E-state index contributed by atoms with van der Waals surface area (Å²) in [7, 11) is 3.20. The van der Waals surface area contributed by atoms with Crippen molar-refractivity contribution >= 4 is 12.2 Å². The highest BCUT2D eigenvalue weighted by Gasteiger charge is 2.11. The summed E-state index contributed by atoms with van der Waals surface area (Å²) in [4.78, 5) is 13.1. The summed E-state index contributed by atoms with van der Waals surface area (Å²) in [6, 6.07) is 15.3. The van der Waals surface area contributed by atoms with Crippen LogP contribution in [0.25, 0.3) is 11.3 Å². The first-order chi connectivity index (χ1) is 15.0. The molecule has 1 aromatic heterocycles. The number of hydrogen-bond donors (Lipinski definition) is 1. The van der Waals surface area contributed by atoms with E-state index in [2.05, 4.69) is 15.0 Å². The molecule has 5 nitrogen and oxygen atoms in total. The molecule has 0 spiro atoms. The van der Waals surface area contributed by atoms with E-state index in [1.165, 1.54) is 7.11 Å².